The summed E-state index contributed by atoms with van der Waals surface area (Å²) in [5.74, 6) is -6.12. The number of rotatable bonds is 13. The van der Waals surface area contributed by atoms with Crippen LogP contribution >= 0.6 is 0 Å². The van der Waals surface area contributed by atoms with Gasteiger partial charge in [-0.05, 0) is 30.6 Å². The first kappa shape index (κ1) is 29.0. The van der Waals surface area contributed by atoms with E-state index in [2.05, 4.69) is 31.7 Å². The van der Waals surface area contributed by atoms with Crippen LogP contribution in [-0.4, -0.2) is 65.7 Å². The zero-order valence-corrected chi connectivity index (χ0v) is 18.6. The summed E-state index contributed by atoms with van der Waals surface area (Å²) < 4.78 is 5.30. The van der Waals surface area contributed by atoms with Crippen LogP contribution in [0.3, 0.4) is 0 Å². The summed E-state index contributed by atoms with van der Waals surface area (Å²) in [7, 11) is 0. The lowest BCUT2D eigenvalue weighted by Gasteiger charge is -2.29. The number of aliphatic hydroxyl groups is 1. The Morgan fingerprint density at radius 1 is 0.938 bits per heavy atom. The number of hydrogen-bond donors (Lipinski definition) is 1. The predicted molar refractivity (Wildman–Crippen MR) is 107 cm³/mol. The van der Waals surface area contributed by atoms with Crippen LogP contribution in [0, 0.1) is 0 Å². The maximum absolute atomic E-state index is 11.8. The molecule has 1 N–H and O–H groups in total. The quantitative estimate of drug-likeness (QED) is 0.314. The van der Waals surface area contributed by atoms with E-state index in [-0.39, 0.29) is 5.97 Å². The molecule has 0 aliphatic heterocycles. The van der Waals surface area contributed by atoms with Gasteiger partial charge in [0, 0.05) is 31.3 Å². The lowest BCUT2D eigenvalue weighted by atomic mass is 9.96. The van der Waals surface area contributed by atoms with E-state index in [0.29, 0.717) is 13.0 Å². The fourth-order valence-electron chi connectivity index (χ4n) is 2.79. The molecule has 0 heterocycles. The van der Waals surface area contributed by atoms with E-state index in [9.17, 15) is 34.5 Å². The van der Waals surface area contributed by atoms with Crippen LogP contribution in [0.4, 0.5) is 0 Å². The second kappa shape index (κ2) is 14.9. The standard InChI is InChI=1S/C16H25NO2.C6H8O7/c1-4-14-9-7-8-10-15(14)13-16(18)19-12-11-17(5-2)6-3;7-3(8)1-6(13,5(11)12)2-4(9)10/h7-10H,4-6,11-13H2,1-3H3;13H,1-2H2,(H,7,8)(H,9,10)(H,11,12)/p-3. The van der Waals surface area contributed by atoms with Crippen LogP contribution in [0.25, 0.3) is 0 Å². The normalized spacial score (nSPS) is 10.8. The molecule has 0 aliphatic carbocycles. The number of likely N-dealkylation sites (N-methyl/N-ethyl adjacent to an activating group) is 1. The van der Waals surface area contributed by atoms with Crippen LogP contribution < -0.4 is 15.3 Å². The Kier molecular flexibility index (Phi) is 13.5. The highest BCUT2D eigenvalue weighted by Gasteiger charge is 2.29. The number of carbonyl (C=O) groups is 4. The van der Waals surface area contributed by atoms with E-state index >= 15 is 0 Å². The van der Waals surface area contributed by atoms with Crippen LogP contribution in [-0.2, 0) is 36.8 Å². The SMILES string of the molecule is CCc1ccccc1CC(=O)OCCN(CC)CC.O=C([O-])CC(O)(CC(=O)[O-])C(=O)[O-]. The Hall–Kier alpha value is -2.98. The molecule has 0 radical (unpaired) electrons. The smallest absolute Gasteiger partial charge is 0.310 e. The van der Waals surface area contributed by atoms with Gasteiger partial charge in [-0.2, -0.15) is 0 Å². The Labute approximate surface area is 187 Å². The molecule has 10 heteroatoms. The number of carboxylic acid groups (broad SMARTS) is 3. The second-order valence-corrected chi connectivity index (χ2v) is 6.96. The fraction of sp³-hybridized carbons (Fsp3) is 0.545. The van der Waals surface area contributed by atoms with Crippen molar-refractivity contribution in [1.29, 1.82) is 0 Å². The number of esters is 1. The largest absolute Gasteiger partial charge is 0.550 e. The Balaban J connectivity index is 0.000000649. The van der Waals surface area contributed by atoms with Crippen molar-refractivity contribution >= 4 is 23.9 Å². The number of aryl methyl sites for hydroxylation is 1. The lowest BCUT2D eigenvalue weighted by molar-refractivity contribution is -0.339. The molecule has 0 saturated heterocycles. The van der Waals surface area contributed by atoms with E-state index in [1.807, 2.05) is 18.2 Å². The van der Waals surface area contributed by atoms with Gasteiger partial charge in [0.05, 0.1) is 12.4 Å². The van der Waals surface area contributed by atoms with Crippen molar-refractivity contribution in [2.45, 2.75) is 52.1 Å². The van der Waals surface area contributed by atoms with Crippen molar-refractivity contribution in [3.8, 4) is 0 Å². The predicted octanol–water partition coefficient (Wildman–Crippen LogP) is -2.58. The van der Waals surface area contributed by atoms with Crippen LogP contribution in [0.1, 0.15) is 44.7 Å². The van der Waals surface area contributed by atoms with E-state index in [1.165, 1.54) is 5.56 Å². The molecule has 0 fully saturated rings. The van der Waals surface area contributed by atoms with E-state index < -0.39 is 36.4 Å². The number of carboxylic acids is 3. The average Bonchev–Trinajstić information content (AvgIpc) is 2.71. The minimum Gasteiger partial charge on any atom is -0.550 e. The summed E-state index contributed by atoms with van der Waals surface area (Å²) in [6, 6.07) is 8.05. The topological polar surface area (TPSA) is 170 Å². The molecule has 32 heavy (non-hydrogen) atoms. The van der Waals surface area contributed by atoms with E-state index in [1.54, 1.807) is 0 Å². The number of benzene rings is 1. The minimum atomic E-state index is -2.97. The molecule has 0 bridgehead atoms. The Morgan fingerprint density at radius 3 is 1.84 bits per heavy atom. The number of aliphatic carboxylic acids is 3. The number of hydrogen-bond acceptors (Lipinski definition) is 10. The molecule has 0 aliphatic rings. The number of ether oxygens (including phenoxy) is 1. The summed E-state index contributed by atoms with van der Waals surface area (Å²) in [5.41, 5.74) is -0.668. The molecule has 0 amide bonds. The molecule has 1 aromatic carbocycles. The van der Waals surface area contributed by atoms with Crippen LogP contribution in [0.2, 0.25) is 0 Å². The van der Waals surface area contributed by atoms with Gasteiger partial charge in [0.1, 0.15) is 12.2 Å². The second-order valence-electron chi connectivity index (χ2n) is 6.96. The average molecular weight is 452 g/mol. The van der Waals surface area contributed by atoms with Gasteiger partial charge in [-0.1, -0.05) is 45.0 Å². The number of carbonyl (C=O) groups excluding carboxylic acids is 4. The van der Waals surface area contributed by atoms with Gasteiger partial charge >= 0.3 is 5.97 Å². The molecule has 0 aromatic heterocycles. The Bertz CT molecular complexity index is 744. The molecule has 0 atom stereocenters. The van der Waals surface area contributed by atoms with Crippen molar-refractivity contribution < 1.29 is 44.3 Å². The first-order valence-corrected chi connectivity index (χ1v) is 10.3. The fourth-order valence-corrected chi connectivity index (χ4v) is 2.79. The molecule has 10 nitrogen and oxygen atoms in total. The van der Waals surface area contributed by atoms with E-state index in [0.717, 1.165) is 31.6 Å². The third-order valence-corrected chi connectivity index (χ3v) is 4.65. The first-order valence-electron chi connectivity index (χ1n) is 10.3. The maximum atomic E-state index is 11.8. The minimum absolute atomic E-state index is 0.131. The van der Waals surface area contributed by atoms with Crippen molar-refractivity contribution in [3.63, 3.8) is 0 Å². The summed E-state index contributed by atoms with van der Waals surface area (Å²) in [4.78, 5) is 44.0. The molecule has 0 spiro atoms. The Morgan fingerprint density at radius 2 is 1.44 bits per heavy atom. The lowest BCUT2D eigenvalue weighted by Crippen LogP contribution is -2.54. The van der Waals surface area contributed by atoms with Gasteiger partial charge in [-0.25, -0.2) is 0 Å². The summed E-state index contributed by atoms with van der Waals surface area (Å²) in [6.07, 6.45) is -1.39. The highest BCUT2D eigenvalue weighted by Crippen LogP contribution is 2.13. The van der Waals surface area contributed by atoms with Gasteiger partial charge in [0.15, 0.2) is 0 Å². The monoisotopic (exact) mass is 452 g/mol. The molecular weight excluding hydrogens is 422 g/mol. The first-order chi connectivity index (χ1) is 15.0. The molecule has 1 rings (SSSR count). The third kappa shape index (κ3) is 11.4. The van der Waals surface area contributed by atoms with Gasteiger partial charge in [0.25, 0.3) is 0 Å². The zero-order chi connectivity index (χ0) is 24.7. The molecular formula is C22H30NO9-3. The maximum Gasteiger partial charge on any atom is 0.310 e. The molecule has 1 aromatic rings. The third-order valence-electron chi connectivity index (χ3n) is 4.65. The van der Waals surface area contributed by atoms with Crippen molar-refractivity contribution in [3.05, 3.63) is 35.4 Å². The van der Waals surface area contributed by atoms with Crippen molar-refractivity contribution in [2.75, 3.05) is 26.2 Å². The van der Waals surface area contributed by atoms with Gasteiger partial charge in [0.2, 0.25) is 0 Å². The highest BCUT2D eigenvalue weighted by molar-refractivity contribution is 5.86. The van der Waals surface area contributed by atoms with Gasteiger partial charge < -0.3 is 44.4 Å². The zero-order valence-electron chi connectivity index (χ0n) is 18.6. The highest BCUT2D eigenvalue weighted by atomic mass is 16.5. The summed E-state index contributed by atoms with van der Waals surface area (Å²) >= 11 is 0. The van der Waals surface area contributed by atoms with Crippen molar-refractivity contribution in [2.24, 2.45) is 0 Å². The van der Waals surface area contributed by atoms with Gasteiger partial charge in [-0.15, -0.1) is 0 Å². The molecule has 0 unspecified atom stereocenters. The van der Waals surface area contributed by atoms with Crippen LogP contribution in [0.5, 0.6) is 0 Å². The van der Waals surface area contributed by atoms with Crippen LogP contribution in [0.15, 0.2) is 24.3 Å². The summed E-state index contributed by atoms with van der Waals surface area (Å²) in [5, 5.41) is 38.9. The van der Waals surface area contributed by atoms with E-state index in [4.69, 9.17) is 9.84 Å². The number of nitrogens with zero attached hydrogens (tertiary/aromatic N) is 1. The molecule has 0 saturated carbocycles. The van der Waals surface area contributed by atoms with Crippen molar-refractivity contribution in [1.82, 2.24) is 4.90 Å². The summed E-state index contributed by atoms with van der Waals surface area (Å²) in [6.45, 7) is 9.61. The molecule has 180 valence electrons. The van der Waals surface area contributed by atoms with Gasteiger partial charge in [-0.3, -0.25) is 4.79 Å².